The van der Waals surface area contributed by atoms with Crippen LogP contribution in [0.3, 0.4) is 0 Å². The average Bonchev–Trinajstić information content (AvgIpc) is 3.45. The number of H-pyrrole nitrogens is 1. The minimum absolute atomic E-state index is 0.0416. The van der Waals surface area contributed by atoms with Gasteiger partial charge in [-0.25, -0.2) is 26.5 Å². The fourth-order valence-electron chi connectivity index (χ4n) is 4.06. The van der Waals surface area contributed by atoms with Gasteiger partial charge < -0.3 is 14.7 Å². The first kappa shape index (κ1) is 23.5. The Labute approximate surface area is 205 Å². The van der Waals surface area contributed by atoms with Gasteiger partial charge in [0.25, 0.3) is 5.91 Å². The Bertz CT molecular complexity index is 1710. The van der Waals surface area contributed by atoms with Gasteiger partial charge in [0.05, 0.1) is 17.3 Å². The van der Waals surface area contributed by atoms with Crippen molar-refractivity contribution in [2.24, 2.45) is 0 Å². The smallest absolute Gasteiger partial charge is 0.252 e. The lowest BCUT2D eigenvalue weighted by molar-refractivity contribution is 0.0964. The molecule has 5 rings (SSSR count). The number of hydrogen-bond donors (Lipinski definition) is 2. The van der Waals surface area contributed by atoms with Gasteiger partial charge in [0.2, 0.25) is 15.9 Å². The predicted octanol–water partition coefficient (Wildman–Crippen LogP) is 4.63. The Morgan fingerprint density at radius 1 is 1.08 bits per heavy atom. The number of rotatable bonds is 5. The van der Waals surface area contributed by atoms with Crippen molar-refractivity contribution in [3.8, 4) is 33.8 Å². The highest BCUT2D eigenvalue weighted by Crippen LogP contribution is 2.46. The van der Waals surface area contributed by atoms with Crippen molar-refractivity contribution in [2.45, 2.75) is 0 Å². The van der Waals surface area contributed by atoms with Crippen LogP contribution in [0.2, 0.25) is 0 Å². The van der Waals surface area contributed by atoms with Crippen molar-refractivity contribution in [3.63, 3.8) is 0 Å². The minimum atomic E-state index is -3.71. The van der Waals surface area contributed by atoms with E-state index in [4.69, 9.17) is 4.42 Å². The maximum absolute atomic E-state index is 14.4. The van der Waals surface area contributed by atoms with Crippen LogP contribution in [-0.4, -0.2) is 44.6 Å². The highest BCUT2D eigenvalue weighted by Gasteiger charge is 2.31. The number of carbonyl (C=O) groups excluding carboxylic acids is 1. The van der Waals surface area contributed by atoms with Crippen LogP contribution in [0.5, 0.6) is 0 Å². The molecule has 0 fully saturated rings. The number of aromatic nitrogens is 2. The highest BCUT2D eigenvalue weighted by molar-refractivity contribution is 7.92. The van der Waals surface area contributed by atoms with E-state index in [-0.39, 0.29) is 28.5 Å². The summed E-state index contributed by atoms with van der Waals surface area (Å²) in [5.74, 6) is -1.34. The molecule has 2 N–H and O–H groups in total. The lowest BCUT2D eigenvalue weighted by Crippen LogP contribution is -2.25. The molecule has 0 unspecified atom stereocenters. The molecule has 0 spiro atoms. The number of hydrogen-bond acceptors (Lipinski definition) is 5. The van der Waals surface area contributed by atoms with Crippen LogP contribution in [0, 0.1) is 11.6 Å². The number of benzene rings is 2. The molecule has 0 saturated heterocycles. The summed E-state index contributed by atoms with van der Waals surface area (Å²) < 4.78 is 59.5. The summed E-state index contributed by atoms with van der Waals surface area (Å²) in [4.78, 5) is 20.5. The Kier molecular flexibility index (Phi) is 5.51. The molecule has 1 aromatic heterocycles. The number of sulfonamides is 1. The van der Waals surface area contributed by atoms with Crippen LogP contribution < -0.4 is 9.62 Å². The van der Waals surface area contributed by atoms with E-state index in [2.05, 4.69) is 15.3 Å². The third-order valence-corrected chi connectivity index (χ3v) is 7.09. The number of carbonyl (C=O) groups is 1. The van der Waals surface area contributed by atoms with Gasteiger partial charge in [0.15, 0.2) is 17.4 Å². The molecular formula is C25H20F2N4O4S. The molecule has 2 aliphatic rings. The molecule has 11 heteroatoms. The molecule has 2 heterocycles. The fraction of sp³-hybridized carbons (Fsp3) is 0.120. The zero-order chi connectivity index (χ0) is 25.8. The van der Waals surface area contributed by atoms with Gasteiger partial charge in [-0.3, -0.25) is 4.79 Å². The molecule has 1 amide bonds. The zero-order valence-corrected chi connectivity index (χ0v) is 20.2. The summed E-state index contributed by atoms with van der Waals surface area (Å²) >= 11 is 0. The molecular weight excluding hydrogens is 490 g/mol. The monoisotopic (exact) mass is 510 g/mol. The lowest BCUT2D eigenvalue weighted by atomic mass is 10.0. The highest BCUT2D eigenvalue weighted by atomic mass is 32.2. The van der Waals surface area contributed by atoms with E-state index in [1.54, 1.807) is 12.1 Å². The molecule has 2 aromatic carbocycles. The number of fused-ring (bicyclic) bond motifs is 2. The van der Waals surface area contributed by atoms with Crippen LogP contribution >= 0.6 is 0 Å². The molecule has 3 aromatic rings. The number of aromatic amines is 1. The van der Waals surface area contributed by atoms with Crippen LogP contribution in [0.15, 0.2) is 59.0 Å². The van der Waals surface area contributed by atoms with Crippen LogP contribution in [0.1, 0.15) is 10.4 Å². The van der Waals surface area contributed by atoms with E-state index in [9.17, 15) is 22.0 Å². The number of halogens is 2. The van der Waals surface area contributed by atoms with Gasteiger partial charge in [0, 0.05) is 25.7 Å². The Hall–Kier alpha value is -4.25. The number of nitrogens with one attached hydrogen (secondary N) is 2. The summed E-state index contributed by atoms with van der Waals surface area (Å²) in [7, 11) is -0.916. The number of anilines is 1. The van der Waals surface area contributed by atoms with Gasteiger partial charge in [0.1, 0.15) is 11.3 Å². The summed E-state index contributed by atoms with van der Waals surface area (Å²) in [6.07, 6.45) is 1.02. The van der Waals surface area contributed by atoms with E-state index in [0.29, 0.717) is 27.8 Å². The summed E-state index contributed by atoms with van der Waals surface area (Å²) in [5.41, 5.74) is 2.51. The molecule has 36 heavy (non-hydrogen) atoms. The molecule has 1 aliphatic carbocycles. The van der Waals surface area contributed by atoms with Gasteiger partial charge in [-0.2, -0.15) is 0 Å². The van der Waals surface area contributed by atoms with Crippen molar-refractivity contribution in [3.05, 3.63) is 71.8 Å². The van der Waals surface area contributed by atoms with Crippen molar-refractivity contribution in [2.75, 3.05) is 24.7 Å². The normalized spacial score (nSPS) is 11.8. The van der Waals surface area contributed by atoms with E-state index in [1.165, 1.54) is 56.6 Å². The van der Waals surface area contributed by atoms with E-state index in [0.717, 1.165) is 10.6 Å². The summed E-state index contributed by atoms with van der Waals surface area (Å²) in [5, 5.41) is 2.61. The van der Waals surface area contributed by atoms with Crippen LogP contribution in [0.25, 0.3) is 44.9 Å². The summed E-state index contributed by atoms with van der Waals surface area (Å²) in [6, 6.07) is 13.2. The average molecular weight is 511 g/mol. The third kappa shape index (κ3) is 3.87. The predicted molar refractivity (Wildman–Crippen MR) is 132 cm³/mol. The second-order valence-corrected chi connectivity index (χ2v) is 10.2. The van der Waals surface area contributed by atoms with Crippen molar-refractivity contribution >= 4 is 32.8 Å². The number of nitrogens with zero attached hydrogens (tertiary/aromatic N) is 2. The molecule has 1 aliphatic heterocycles. The molecule has 0 bridgehead atoms. The molecule has 0 saturated carbocycles. The quantitative estimate of drug-likeness (QED) is 0.359. The van der Waals surface area contributed by atoms with E-state index >= 15 is 0 Å². The number of imidazole rings is 1. The maximum Gasteiger partial charge on any atom is 0.252 e. The van der Waals surface area contributed by atoms with Gasteiger partial charge in [-0.1, -0.05) is 18.2 Å². The first-order valence-corrected chi connectivity index (χ1v) is 12.6. The van der Waals surface area contributed by atoms with Crippen molar-refractivity contribution in [1.82, 2.24) is 15.3 Å². The number of amides is 1. The second-order valence-electron chi connectivity index (χ2n) is 8.22. The second kappa shape index (κ2) is 8.45. The zero-order valence-electron chi connectivity index (χ0n) is 19.4. The van der Waals surface area contributed by atoms with Crippen LogP contribution in [0.4, 0.5) is 14.7 Å². The van der Waals surface area contributed by atoms with Crippen LogP contribution in [-0.2, 0) is 10.0 Å². The largest absolute Gasteiger partial charge is 0.436 e. The lowest BCUT2D eigenvalue weighted by Gasteiger charge is -2.18. The molecule has 0 atom stereocenters. The van der Waals surface area contributed by atoms with Gasteiger partial charge in [-0.05, 0) is 47.0 Å². The van der Waals surface area contributed by atoms with E-state index < -0.39 is 27.6 Å². The maximum atomic E-state index is 14.4. The SMILES string of the molecule is CNC(=O)c1c(-c2ccc(F)cc2)cc2cc(N(C)S(C)(=O)=O)oc(-c3nc4c(F)cccc4[nH]3)c1-2. The topological polar surface area (TPSA) is 108 Å². The van der Waals surface area contributed by atoms with Crippen molar-refractivity contribution in [1.29, 1.82) is 0 Å². The molecule has 8 nitrogen and oxygen atoms in total. The first-order chi connectivity index (χ1) is 17.1. The standard InChI is InChI=1S/C25H20F2N4O4S/c1-28-25(32)21-16(13-7-9-15(26)10-8-13)11-14-12-19(31(2)36(3,33)34)35-23(20(14)21)24-29-18-6-4-5-17(27)22(18)30-24/h4-12H,1-3H3,(H,28,32)(H,29,30). The molecule has 0 radical (unpaired) electrons. The Morgan fingerprint density at radius 3 is 2.44 bits per heavy atom. The Morgan fingerprint density at radius 2 is 1.81 bits per heavy atom. The van der Waals surface area contributed by atoms with Crippen molar-refractivity contribution < 1.29 is 26.4 Å². The molecule has 184 valence electrons. The van der Waals surface area contributed by atoms with Gasteiger partial charge >= 0.3 is 0 Å². The van der Waals surface area contributed by atoms with Gasteiger partial charge in [-0.15, -0.1) is 0 Å². The number of para-hydroxylation sites is 1. The Balaban J connectivity index is 1.89. The minimum Gasteiger partial charge on any atom is -0.436 e. The van der Waals surface area contributed by atoms with E-state index in [1.807, 2.05) is 0 Å². The third-order valence-electron chi connectivity index (χ3n) is 5.92. The first-order valence-electron chi connectivity index (χ1n) is 10.8. The fourth-order valence-corrected chi connectivity index (χ4v) is 4.48. The summed E-state index contributed by atoms with van der Waals surface area (Å²) in [6.45, 7) is 0.